The molecule has 0 fully saturated rings. The molecule has 2 amide bonds. The summed E-state index contributed by atoms with van der Waals surface area (Å²) in [5.41, 5.74) is 4.87. The van der Waals surface area contributed by atoms with Gasteiger partial charge in [0.2, 0.25) is 5.91 Å². The quantitative estimate of drug-likeness (QED) is 0.321. The van der Waals surface area contributed by atoms with Gasteiger partial charge in [0.15, 0.2) is 0 Å². The summed E-state index contributed by atoms with van der Waals surface area (Å²) < 4.78 is 0. The fraction of sp³-hybridized carbons (Fsp3) is 0.0476. The molecule has 2 aromatic carbocycles. The molecule has 26 heavy (non-hydrogen) atoms. The summed E-state index contributed by atoms with van der Waals surface area (Å²) in [5, 5.41) is 11.2. The van der Waals surface area contributed by atoms with Crippen LogP contribution in [0.1, 0.15) is 18.1 Å². The zero-order valence-electron chi connectivity index (χ0n) is 14.3. The molecule has 0 aliphatic rings. The Bertz CT molecular complexity index is 853. The van der Waals surface area contributed by atoms with Crippen molar-refractivity contribution in [3.8, 4) is 0 Å². The summed E-state index contributed by atoms with van der Waals surface area (Å²) in [4.78, 5) is 23.0. The van der Waals surface area contributed by atoms with Crippen LogP contribution in [0.2, 0.25) is 0 Å². The van der Waals surface area contributed by atoms with Crippen LogP contribution in [0.4, 0.5) is 5.69 Å². The van der Waals surface area contributed by atoms with Crippen LogP contribution >= 0.6 is 0 Å². The molecule has 0 atom stereocenters. The lowest BCUT2D eigenvalue weighted by Gasteiger charge is -2.03. The van der Waals surface area contributed by atoms with Crippen LogP contribution in [0, 0.1) is 0 Å². The number of benzene rings is 2. The Balaban J connectivity index is 1.98. The zero-order valence-corrected chi connectivity index (χ0v) is 14.3. The van der Waals surface area contributed by atoms with Gasteiger partial charge in [-0.3, -0.25) is 14.8 Å². The molecule has 5 nitrogen and oxygen atoms in total. The monoisotopic (exact) mass is 348 g/mol. The molecule has 0 bridgehead atoms. The molecule has 132 valence electrons. The predicted octanol–water partition coefficient (Wildman–Crippen LogP) is 3.80. The maximum atomic E-state index is 12.1. The largest absolute Gasteiger partial charge is 0.322 e. The molecule has 0 aliphatic heterocycles. The number of hydrogen-bond donors (Lipinski definition) is 3. The highest BCUT2D eigenvalue weighted by Gasteiger charge is 1.99. The Kier molecular flexibility index (Phi) is 7.09. The lowest BCUT2D eigenvalue weighted by Crippen LogP contribution is -2.14. The van der Waals surface area contributed by atoms with Crippen molar-refractivity contribution in [2.45, 2.75) is 6.92 Å². The van der Waals surface area contributed by atoms with Crippen molar-refractivity contribution >= 4 is 29.7 Å². The number of carbonyl (C=O) groups excluding carboxylic acids is 2. The minimum absolute atomic E-state index is 0.250. The van der Waals surface area contributed by atoms with Gasteiger partial charge >= 0.3 is 0 Å². The van der Waals surface area contributed by atoms with Crippen LogP contribution in [0.5, 0.6) is 0 Å². The third-order valence-corrected chi connectivity index (χ3v) is 3.38. The average molecular weight is 348 g/mol. The first-order chi connectivity index (χ1) is 12.6. The molecule has 0 saturated carbocycles. The SMILES string of the molecule is CC(C=CC(=O)Nc1cccc(C=CC(=O)NO)c1)=Cc1ccccc1. The van der Waals surface area contributed by atoms with Gasteiger partial charge in [0.05, 0.1) is 0 Å². The Morgan fingerprint density at radius 2 is 1.62 bits per heavy atom. The normalized spacial score (nSPS) is 11.7. The summed E-state index contributed by atoms with van der Waals surface area (Å²) >= 11 is 0. The molecule has 0 aliphatic carbocycles. The minimum Gasteiger partial charge on any atom is -0.322 e. The van der Waals surface area contributed by atoms with E-state index < -0.39 is 5.91 Å². The average Bonchev–Trinajstić information content (AvgIpc) is 2.65. The first-order valence-electron chi connectivity index (χ1n) is 8.01. The Morgan fingerprint density at radius 1 is 0.885 bits per heavy atom. The summed E-state index contributed by atoms with van der Waals surface area (Å²) in [6, 6.07) is 16.9. The van der Waals surface area contributed by atoms with Crippen LogP contribution in [0.3, 0.4) is 0 Å². The predicted molar refractivity (Wildman–Crippen MR) is 103 cm³/mol. The number of hydroxylamine groups is 1. The molecule has 0 heterocycles. The highest BCUT2D eigenvalue weighted by Crippen LogP contribution is 2.12. The molecule has 0 unspecified atom stereocenters. The summed E-state index contributed by atoms with van der Waals surface area (Å²) in [7, 11) is 0. The lowest BCUT2D eigenvalue weighted by molar-refractivity contribution is -0.124. The maximum absolute atomic E-state index is 12.1. The second-order valence-corrected chi connectivity index (χ2v) is 5.56. The molecular weight excluding hydrogens is 328 g/mol. The fourth-order valence-corrected chi connectivity index (χ4v) is 2.18. The van der Waals surface area contributed by atoms with Crippen molar-refractivity contribution in [3.63, 3.8) is 0 Å². The van der Waals surface area contributed by atoms with E-state index in [1.54, 1.807) is 30.3 Å². The van der Waals surface area contributed by atoms with E-state index in [2.05, 4.69) is 5.32 Å². The van der Waals surface area contributed by atoms with E-state index in [0.29, 0.717) is 5.69 Å². The van der Waals surface area contributed by atoms with Crippen molar-refractivity contribution in [3.05, 3.63) is 89.5 Å². The van der Waals surface area contributed by atoms with Crippen molar-refractivity contribution in [1.29, 1.82) is 0 Å². The minimum atomic E-state index is -0.622. The summed E-state index contributed by atoms with van der Waals surface area (Å²) in [5.74, 6) is -0.872. The van der Waals surface area contributed by atoms with Gasteiger partial charge in [-0.15, -0.1) is 0 Å². The molecular formula is C21H20N2O3. The van der Waals surface area contributed by atoms with Gasteiger partial charge in [0.25, 0.3) is 5.91 Å². The number of nitrogens with one attached hydrogen (secondary N) is 2. The molecule has 3 N–H and O–H groups in total. The van der Waals surface area contributed by atoms with E-state index in [1.807, 2.05) is 43.3 Å². The molecule has 0 radical (unpaired) electrons. The van der Waals surface area contributed by atoms with E-state index in [4.69, 9.17) is 5.21 Å². The summed E-state index contributed by atoms with van der Waals surface area (Å²) in [6.45, 7) is 1.93. The second kappa shape index (κ2) is 9.76. The Hall–Kier alpha value is -3.44. The van der Waals surface area contributed by atoms with Gasteiger partial charge in [0.1, 0.15) is 0 Å². The van der Waals surface area contributed by atoms with Gasteiger partial charge in [-0.2, -0.15) is 0 Å². The van der Waals surface area contributed by atoms with E-state index in [0.717, 1.165) is 16.7 Å². The van der Waals surface area contributed by atoms with Crippen molar-refractivity contribution < 1.29 is 14.8 Å². The number of hydrogen-bond acceptors (Lipinski definition) is 3. The van der Waals surface area contributed by atoms with Crippen LogP contribution in [-0.4, -0.2) is 17.0 Å². The molecule has 2 rings (SSSR count). The van der Waals surface area contributed by atoms with Crippen LogP contribution in [-0.2, 0) is 9.59 Å². The van der Waals surface area contributed by atoms with Crippen molar-refractivity contribution in [2.24, 2.45) is 0 Å². The van der Waals surface area contributed by atoms with Gasteiger partial charge in [-0.25, -0.2) is 5.48 Å². The van der Waals surface area contributed by atoms with Crippen LogP contribution in [0.25, 0.3) is 12.2 Å². The van der Waals surface area contributed by atoms with E-state index in [9.17, 15) is 9.59 Å². The fourth-order valence-electron chi connectivity index (χ4n) is 2.18. The third kappa shape index (κ3) is 6.59. The standard InChI is InChI=1S/C21H20N2O3/c1-16(14-17-6-3-2-4-7-17)10-12-20(24)22-19-9-5-8-18(15-19)11-13-21(25)23-26/h2-15,26H,1H3,(H,22,24)(H,23,25). The van der Waals surface area contributed by atoms with E-state index >= 15 is 0 Å². The first kappa shape index (κ1) is 18.9. The van der Waals surface area contributed by atoms with Gasteiger partial charge < -0.3 is 5.32 Å². The molecule has 2 aromatic rings. The smallest absolute Gasteiger partial charge is 0.267 e. The van der Waals surface area contributed by atoms with E-state index in [1.165, 1.54) is 23.7 Å². The zero-order chi connectivity index (χ0) is 18.8. The highest BCUT2D eigenvalue weighted by molar-refractivity contribution is 6.00. The molecule has 0 spiro atoms. The number of rotatable bonds is 6. The Labute approximate surface area is 152 Å². The summed E-state index contributed by atoms with van der Waals surface area (Å²) in [6.07, 6.45) is 7.93. The van der Waals surface area contributed by atoms with Crippen molar-refractivity contribution in [1.82, 2.24) is 5.48 Å². The van der Waals surface area contributed by atoms with Crippen molar-refractivity contribution in [2.75, 3.05) is 5.32 Å². The first-order valence-corrected chi connectivity index (χ1v) is 8.01. The third-order valence-electron chi connectivity index (χ3n) is 3.38. The Morgan fingerprint density at radius 3 is 2.35 bits per heavy atom. The number of allylic oxidation sites excluding steroid dienone is 2. The van der Waals surface area contributed by atoms with Crippen LogP contribution < -0.4 is 10.8 Å². The molecule has 0 saturated heterocycles. The number of amides is 2. The number of carbonyl (C=O) groups is 2. The molecule has 5 heteroatoms. The van der Waals surface area contributed by atoms with Gasteiger partial charge in [-0.05, 0) is 36.3 Å². The topological polar surface area (TPSA) is 78.4 Å². The number of anilines is 1. The van der Waals surface area contributed by atoms with Gasteiger partial charge in [-0.1, -0.05) is 60.2 Å². The van der Waals surface area contributed by atoms with Crippen LogP contribution in [0.15, 0.2) is 78.4 Å². The molecule has 0 aromatic heterocycles. The second-order valence-electron chi connectivity index (χ2n) is 5.56. The van der Waals surface area contributed by atoms with E-state index in [-0.39, 0.29) is 5.91 Å². The maximum Gasteiger partial charge on any atom is 0.267 e. The highest BCUT2D eigenvalue weighted by atomic mass is 16.5. The van der Waals surface area contributed by atoms with Gasteiger partial charge in [0, 0.05) is 17.8 Å². The lowest BCUT2D eigenvalue weighted by atomic mass is 10.1.